The molecule has 3 aliphatic rings. The molecule has 2 aliphatic heterocycles. The Hall–Kier alpha value is -1.14. The highest BCUT2D eigenvalue weighted by Crippen LogP contribution is 2.27. The maximum absolute atomic E-state index is 12.4. The first-order valence-electron chi connectivity index (χ1n) is 8.59. The number of nitrogens with zero attached hydrogens (tertiary/aromatic N) is 2. The van der Waals surface area contributed by atoms with Crippen LogP contribution in [0.3, 0.4) is 0 Å². The van der Waals surface area contributed by atoms with Crippen LogP contribution in [0.15, 0.2) is 0 Å². The number of piperazine rings is 1. The standard InChI is InChI=1S/C16H27N3O3/c17-13-4-1-3-12(13)11-15(20)18-6-8-19(9-7-18)16(21)14-5-2-10-22-14/h12-14H,1-11,17H2/t12-,13+,14?/m0/s1. The van der Waals surface area contributed by atoms with E-state index in [1.807, 2.05) is 9.80 Å². The van der Waals surface area contributed by atoms with Crippen molar-refractivity contribution >= 4 is 11.8 Å². The van der Waals surface area contributed by atoms with Gasteiger partial charge in [0.15, 0.2) is 0 Å². The van der Waals surface area contributed by atoms with Gasteiger partial charge in [0.2, 0.25) is 5.91 Å². The van der Waals surface area contributed by atoms with Gasteiger partial charge in [0.05, 0.1) is 0 Å². The Morgan fingerprint density at radius 2 is 1.73 bits per heavy atom. The molecule has 1 saturated carbocycles. The maximum atomic E-state index is 12.4. The Balaban J connectivity index is 1.44. The van der Waals surface area contributed by atoms with E-state index in [4.69, 9.17) is 10.5 Å². The lowest BCUT2D eigenvalue weighted by Crippen LogP contribution is -2.53. The van der Waals surface area contributed by atoms with Crippen LogP contribution >= 0.6 is 0 Å². The fraction of sp³-hybridized carbons (Fsp3) is 0.875. The van der Waals surface area contributed by atoms with Gasteiger partial charge in [-0.3, -0.25) is 9.59 Å². The number of ether oxygens (including phenoxy) is 1. The van der Waals surface area contributed by atoms with Gasteiger partial charge in [-0.1, -0.05) is 6.42 Å². The van der Waals surface area contributed by atoms with Crippen LogP contribution in [-0.2, 0) is 14.3 Å². The van der Waals surface area contributed by atoms with Gasteiger partial charge in [-0.2, -0.15) is 0 Å². The van der Waals surface area contributed by atoms with Crippen molar-refractivity contribution in [2.45, 2.75) is 50.7 Å². The summed E-state index contributed by atoms with van der Waals surface area (Å²) in [5, 5.41) is 0. The van der Waals surface area contributed by atoms with Crippen molar-refractivity contribution in [1.29, 1.82) is 0 Å². The molecule has 6 heteroatoms. The summed E-state index contributed by atoms with van der Waals surface area (Å²) in [6.07, 6.45) is 5.38. The molecule has 3 atom stereocenters. The number of hydrogen-bond donors (Lipinski definition) is 1. The molecule has 0 spiro atoms. The summed E-state index contributed by atoms with van der Waals surface area (Å²) in [5.74, 6) is 0.646. The van der Waals surface area contributed by atoms with Crippen LogP contribution in [0.1, 0.15) is 38.5 Å². The van der Waals surface area contributed by atoms with Crippen molar-refractivity contribution in [2.24, 2.45) is 11.7 Å². The van der Waals surface area contributed by atoms with Crippen molar-refractivity contribution in [2.75, 3.05) is 32.8 Å². The van der Waals surface area contributed by atoms with Crippen molar-refractivity contribution < 1.29 is 14.3 Å². The SMILES string of the molecule is N[C@@H]1CCC[C@H]1CC(=O)N1CCN(C(=O)C2CCCO2)CC1. The predicted octanol–water partition coefficient (Wildman–Crippen LogP) is 0.354. The largest absolute Gasteiger partial charge is 0.368 e. The molecule has 2 saturated heterocycles. The molecule has 124 valence electrons. The lowest BCUT2D eigenvalue weighted by atomic mass is 9.99. The number of hydrogen-bond acceptors (Lipinski definition) is 4. The molecule has 2 amide bonds. The highest BCUT2D eigenvalue weighted by Gasteiger charge is 2.33. The van der Waals surface area contributed by atoms with E-state index < -0.39 is 0 Å². The smallest absolute Gasteiger partial charge is 0.251 e. The lowest BCUT2D eigenvalue weighted by molar-refractivity contribution is -0.146. The topological polar surface area (TPSA) is 75.9 Å². The molecular formula is C16H27N3O3. The van der Waals surface area contributed by atoms with E-state index in [-0.39, 0.29) is 24.0 Å². The Kier molecular flexibility index (Phi) is 4.98. The molecular weight excluding hydrogens is 282 g/mol. The third-order valence-corrected chi connectivity index (χ3v) is 5.30. The van der Waals surface area contributed by atoms with E-state index in [9.17, 15) is 9.59 Å². The van der Waals surface area contributed by atoms with Crippen LogP contribution in [0, 0.1) is 5.92 Å². The number of carbonyl (C=O) groups excluding carboxylic acids is 2. The highest BCUT2D eigenvalue weighted by atomic mass is 16.5. The van der Waals surface area contributed by atoms with Gasteiger partial charge >= 0.3 is 0 Å². The van der Waals surface area contributed by atoms with E-state index in [0.29, 0.717) is 45.1 Å². The molecule has 0 bridgehead atoms. The number of rotatable bonds is 3. The number of carbonyl (C=O) groups is 2. The fourth-order valence-corrected chi connectivity index (χ4v) is 3.82. The van der Waals surface area contributed by atoms with Gasteiger partial charge < -0.3 is 20.3 Å². The Morgan fingerprint density at radius 3 is 2.32 bits per heavy atom. The fourth-order valence-electron chi connectivity index (χ4n) is 3.82. The molecule has 0 aromatic carbocycles. The Labute approximate surface area is 131 Å². The number of nitrogens with two attached hydrogens (primary N) is 1. The summed E-state index contributed by atoms with van der Waals surface area (Å²) in [6.45, 7) is 3.22. The predicted molar refractivity (Wildman–Crippen MR) is 82.1 cm³/mol. The molecule has 3 rings (SSSR count). The van der Waals surface area contributed by atoms with E-state index in [2.05, 4.69) is 0 Å². The van der Waals surface area contributed by atoms with E-state index in [1.54, 1.807) is 0 Å². The normalized spacial score (nSPS) is 32.5. The van der Waals surface area contributed by atoms with E-state index >= 15 is 0 Å². The molecule has 1 unspecified atom stereocenters. The first-order chi connectivity index (χ1) is 10.6. The van der Waals surface area contributed by atoms with Gasteiger partial charge in [0, 0.05) is 45.2 Å². The molecule has 1 aliphatic carbocycles. The zero-order chi connectivity index (χ0) is 15.5. The summed E-state index contributed by atoms with van der Waals surface area (Å²) in [4.78, 5) is 28.4. The quantitative estimate of drug-likeness (QED) is 0.816. The summed E-state index contributed by atoms with van der Waals surface area (Å²) >= 11 is 0. The summed E-state index contributed by atoms with van der Waals surface area (Å²) in [5.41, 5.74) is 6.05. The van der Waals surface area contributed by atoms with Gasteiger partial charge in [-0.15, -0.1) is 0 Å². The second-order valence-corrected chi connectivity index (χ2v) is 6.77. The van der Waals surface area contributed by atoms with Crippen LogP contribution in [-0.4, -0.2) is 66.5 Å². The van der Waals surface area contributed by atoms with Crippen molar-refractivity contribution in [3.63, 3.8) is 0 Å². The zero-order valence-corrected chi connectivity index (χ0v) is 13.2. The molecule has 2 heterocycles. The molecule has 2 N–H and O–H groups in total. The molecule has 3 fully saturated rings. The summed E-state index contributed by atoms with van der Waals surface area (Å²) < 4.78 is 5.46. The second-order valence-electron chi connectivity index (χ2n) is 6.77. The average molecular weight is 309 g/mol. The first-order valence-corrected chi connectivity index (χ1v) is 8.59. The first kappa shape index (κ1) is 15.7. The van der Waals surface area contributed by atoms with E-state index in [0.717, 1.165) is 32.1 Å². The van der Waals surface area contributed by atoms with Crippen LogP contribution < -0.4 is 5.73 Å². The van der Waals surface area contributed by atoms with Crippen LogP contribution in [0.2, 0.25) is 0 Å². The molecule has 0 radical (unpaired) electrons. The second kappa shape index (κ2) is 6.96. The Morgan fingerprint density at radius 1 is 1.00 bits per heavy atom. The molecule has 0 aromatic rings. The van der Waals surface area contributed by atoms with Crippen LogP contribution in [0.5, 0.6) is 0 Å². The van der Waals surface area contributed by atoms with Gasteiger partial charge in [0.25, 0.3) is 5.91 Å². The maximum Gasteiger partial charge on any atom is 0.251 e. The average Bonchev–Trinajstić information content (AvgIpc) is 3.19. The summed E-state index contributed by atoms with van der Waals surface area (Å²) in [6, 6.07) is 0.186. The minimum Gasteiger partial charge on any atom is -0.368 e. The van der Waals surface area contributed by atoms with E-state index in [1.165, 1.54) is 0 Å². The summed E-state index contributed by atoms with van der Waals surface area (Å²) in [7, 11) is 0. The van der Waals surface area contributed by atoms with Gasteiger partial charge in [0.1, 0.15) is 6.10 Å². The van der Waals surface area contributed by atoms with Crippen LogP contribution in [0.4, 0.5) is 0 Å². The molecule has 6 nitrogen and oxygen atoms in total. The minimum absolute atomic E-state index is 0.0995. The van der Waals surface area contributed by atoms with Crippen LogP contribution in [0.25, 0.3) is 0 Å². The molecule has 22 heavy (non-hydrogen) atoms. The third kappa shape index (κ3) is 3.43. The highest BCUT2D eigenvalue weighted by molar-refractivity contribution is 5.82. The lowest BCUT2D eigenvalue weighted by Gasteiger charge is -2.36. The number of amides is 2. The van der Waals surface area contributed by atoms with Crippen molar-refractivity contribution in [3.05, 3.63) is 0 Å². The van der Waals surface area contributed by atoms with Crippen molar-refractivity contribution in [3.8, 4) is 0 Å². The monoisotopic (exact) mass is 309 g/mol. The third-order valence-electron chi connectivity index (χ3n) is 5.30. The zero-order valence-electron chi connectivity index (χ0n) is 13.2. The Bertz CT molecular complexity index is 415. The minimum atomic E-state index is -0.251. The van der Waals surface area contributed by atoms with Gasteiger partial charge in [-0.05, 0) is 31.6 Å². The van der Waals surface area contributed by atoms with Crippen molar-refractivity contribution in [1.82, 2.24) is 9.80 Å². The molecule has 0 aromatic heterocycles. The van der Waals surface area contributed by atoms with Gasteiger partial charge in [-0.25, -0.2) is 0 Å².